The summed E-state index contributed by atoms with van der Waals surface area (Å²) >= 11 is 0. The van der Waals surface area contributed by atoms with Crippen LogP contribution in [0.2, 0.25) is 0 Å². The molecule has 1 aromatic heterocycles. The summed E-state index contributed by atoms with van der Waals surface area (Å²) in [6.45, 7) is 2.78. The number of hydrogen-bond acceptors (Lipinski definition) is 3. The lowest BCUT2D eigenvalue weighted by molar-refractivity contribution is -0.124. The van der Waals surface area contributed by atoms with Crippen LogP contribution in [0.4, 0.5) is 0 Å². The first kappa shape index (κ1) is 16.2. The number of aromatic nitrogens is 1. The van der Waals surface area contributed by atoms with Crippen LogP contribution in [0.1, 0.15) is 18.2 Å². The van der Waals surface area contributed by atoms with Crippen LogP contribution in [-0.2, 0) is 10.2 Å². The quantitative estimate of drug-likeness (QED) is 0.888. The molecule has 1 heterocycles. The van der Waals surface area contributed by atoms with E-state index in [2.05, 4.69) is 9.88 Å². The van der Waals surface area contributed by atoms with Gasteiger partial charge in [-0.3, -0.25) is 9.78 Å². The van der Waals surface area contributed by atoms with Gasteiger partial charge in [-0.25, -0.2) is 0 Å². The number of carbonyl (C=O) groups excluding carboxylic acids is 1. The second-order valence-corrected chi connectivity index (χ2v) is 5.92. The van der Waals surface area contributed by atoms with Gasteiger partial charge in [0, 0.05) is 12.7 Å². The highest BCUT2D eigenvalue weighted by Crippen LogP contribution is 2.38. The molecule has 0 radical (unpaired) electrons. The Labute approximate surface area is 132 Å². The lowest BCUT2D eigenvalue weighted by Gasteiger charge is -2.37. The average molecular weight is 297 g/mol. The summed E-state index contributed by atoms with van der Waals surface area (Å²) in [5, 5.41) is 0. The minimum atomic E-state index is -0.938. The van der Waals surface area contributed by atoms with Gasteiger partial charge >= 0.3 is 0 Å². The van der Waals surface area contributed by atoms with Crippen LogP contribution in [0.5, 0.6) is 0 Å². The van der Waals surface area contributed by atoms with E-state index >= 15 is 0 Å². The Balaban J connectivity index is 2.68. The number of carbonyl (C=O) groups is 1. The van der Waals surface area contributed by atoms with E-state index in [4.69, 9.17) is 5.73 Å². The summed E-state index contributed by atoms with van der Waals surface area (Å²) in [5.41, 5.74) is 6.56. The van der Waals surface area contributed by atoms with Crippen molar-refractivity contribution in [3.8, 4) is 0 Å². The van der Waals surface area contributed by atoms with Crippen LogP contribution in [-0.4, -0.2) is 36.4 Å². The molecule has 0 aliphatic rings. The van der Waals surface area contributed by atoms with E-state index in [1.54, 1.807) is 6.20 Å². The van der Waals surface area contributed by atoms with Gasteiger partial charge in [-0.05, 0) is 37.7 Å². The Morgan fingerprint density at radius 3 is 2.32 bits per heavy atom. The fraction of sp³-hybridized carbons (Fsp3) is 0.333. The molecule has 0 aliphatic heterocycles. The van der Waals surface area contributed by atoms with Gasteiger partial charge in [-0.2, -0.15) is 0 Å². The highest BCUT2D eigenvalue weighted by atomic mass is 16.1. The number of nitrogens with two attached hydrogens (primary N) is 1. The molecule has 1 aromatic carbocycles. The van der Waals surface area contributed by atoms with Gasteiger partial charge in [0.15, 0.2) is 0 Å². The van der Waals surface area contributed by atoms with Crippen LogP contribution in [0.15, 0.2) is 54.7 Å². The highest BCUT2D eigenvalue weighted by Gasteiger charge is 2.46. The summed E-state index contributed by atoms with van der Waals surface area (Å²) in [4.78, 5) is 19.1. The predicted octanol–water partition coefficient (Wildman–Crippen LogP) is 2.05. The molecule has 0 saturated carbocycles. The van der Waals surface area contributed by atoms with Crippen LogP contribution in [0.3, 0.4) is 0 Å². The molecule has 0 spiro atoms. The number of pyridine rings is 1. The van der Waals surface area contributed by atoms with E-state index in [0.717, 1.165) is 12.1 Å². The SMILES string of the molecule is CC(CN(C)C)C(C(N)=O)(c1ccccc1)c1ccccn1. The standard InChI is InChI=1S/C18H23N3O/c1-14(13-21(2)3)18(17(19)22,15-9-5-4-6-10-15)16-11-7-8-12-20-16/h4-12,14H,13H2,1-3H3,(H2,19,22). The molecule has 0 bridgehead atoms. The Bertz CT molecular complexity index is 571. The first-order chi connectivity index (χ1) is 10.5. The zero-order chi connectivity index (χ0) is 16.2. The molecular weight excluding hydrogens is 274 g/mol. The molecule has 4 nitrogen and oxygen atoms in total. The maximum Gasteiger partial charge on any atom is 0.234 e. The summed E-state index contributed by atoms with van der Waals surface area (Å²) in [6, 6.07) is 15.3. The van der Waals surface area contributed by atoms with E-state index in [-0.39, 0.29) is 11.8 Å². The number of primary amides is 1. The van der Waals surface area contributed by atoms with Crippen molar-refractivity contribution >= 4 is 5.91 Å². The highest BCUT2D eigenvalue weighted by molar-refractivity contribution is 5.90. The molecule has 0 fully saturated rings. The minimum Gasteiger partial charge on any atom is -0.369 e. The van der Waals surface area contributed by atoms with E-state index < -0.39 is 5.41 Å². The first-order valence-corrected chi connectivity index (χ1v) is 7.41. The molecule has 116 valence electrons. The molecular formula is C18H23N3O. The second-order valence-electron chi connectivity index (χ2n) is 5.92. The van der Waals surface area contributed by atoms with E-state index in [0.29, 0.717) is 5.69 Å². The van der Waals surface area contributed by atoms with E-state index in [1.165, 1.54) is 0 Å². The van der Waals surface area contributed by atoms with Crippen molar-refractivity contribution in [2.24, 2.45) is 11.7 Å². The van der Waals surface area contributed by atoms with Crippen LogP contribution in [0.25, 0.3) is 0 Å². The van der Waals surface area contributed by atoms with Gasteiger partial charge < -0.3 is 10.6 Å². The van der Waals surface area contributed by atoms with Crippen molar-refractivity contribution in [3.05, 3.63) is 66.0 Å². The Hall–Kier alpha value is -2.20. The lowest BCUT2D eigenvalue weighted by Crippen LogP contribution is -2.50. The molecule has 2 N–H and O–H groups in total. The normalized spacial score (nSPS) is 15.3. The van der Waals surface area contributed by atoms with Gasteiger partial charge in [0.25, 0.3) is 0 Å². The van der Waals surface area contributed by atoms with Crippen LogP contribution < -0.4 is 5.73 Å². The monoisotopic (exact) mass is 297 g/mol. The summed E-state index contributed by atoms with van der Waals surface area (Å²) < 4.78 is 0. The lowest BCUT2D eigenvalue weighted by atomic mass is 9.67. The molecule has 2 unspecified atom stereocenters. The Morgan fingerprint density at radius 1 is 1.18 bits per heavy atom. The van der Waals surface area contributed by atoms with Gasteiger partial charge in [-0.1, -0.05) is 43.3 Å². The third-order valence-corrected chi connectivity index (χ3v) is 4.06. The molecule has 0 saturated heterocycles. The zero-order valence-electron chi connectivity index (χ0n) is 13.4. The molecule has 22 heavy (non-hydrogen) atoms. The summed E-state index contributed by atoms with van der Waals surface area (Å²) in [5.74, 6) is -0.385. The maximum absolute atomic E-state index is 12.6. The molecule has 4 heteroatoms. The van der Waals surface area contributed by atoms with Gasteiger partial charge in [0.05, 0.1) is 5.69 Å². The van der Waals surface area contributed by atoms with Gasteiger partial charge in [-0.15, -0.1) is 0 Å². The first-order valence-electron chi connectivity index (χ1n) is 7.41. The summed E-state index contributed by atoms with van der Waals surface area (Å²) in [7, 11) is 3.98. The van der Waals surface area contributed by atoms with Crippen LogP contribution >= 0.6 is 0 Å². The zero-order valence-corrected chi connectivity index (χ0v) is 13.4. The maximum atomic E-state index is 12.6. The number of benzene rings is 1. The Kier molecular flexibility index (Phi) is 4.93. The minimum absolute atomic E-state index is 0.0164. The number of rotatable bonds is 6. The molecule has 2 atom stereocenters. The third kappa shape index (κ3) is 2.88. The van der Waals surface area contributed by atoms with Crippen molar-refractivity contribution in [3.63, 3.8) is 0 Å². The average Bonchev–Trinajstić information content (AvgIpc) is 2.49. The predicted molar refractivity (Wildman–Crippen MR) is 88.4 cm³/mol. The fourth-order valence-corrected chi connectivity index (χ4v) is 3.18. The number of hydrogen-bond donors (Lipinski definition) is 1. The van der Waals surface area contributed by atoms with E-state index in [9.17, 15) is 4.79 Å². The molecule has 0 aliphatic carbocycles. The van der Waals surface area contributed by atoms with Crippen molar-refractivity contribution in [1.29, 1.82) is 0 Å². The molecule has 1 amide bonds. The molecule has 2 aromatic rings. The number of amides is 1. The number of nitrogens with zero attached hydrogens (tertiary/aromatic N) is 2. The van der Waals surface area contributed by atoms with Gasteiger partial charge in [0.1, 0.15) is 5.41 Å². The Morgan fingerprint density at radius 2 is 1.82 bits per heavy atom. The molecule has 2 rings (SSSR count). The van der Waals surface area contributed by atoms with Crippen molar-refractivity contribution in [2.75, 3.05) is 20.6 Å². The van der Waals surface area contributed by atoms with Crippen molar-refractivity contribution in [2.45, 2.75) is 12.3 Å². The smallest absolute Gasteiger partial charge is 0.234 e. The van der Waals surface area contributed by atoms with E-state index in [1.807, 2.05) is 69.6 Å². The fourth-order valence-electron chi connectivity index (χ4n) is 3.18. The van der Waals surface area contributed by atoms with Crippen LogP contribution in [0, 0.1) is 5.92 Å². The third-order valence-electron chi connectivity index (χ3n) is 4.06. The topological polar surface area (TPSA) is 59.2 Å². The summed E-state index contributed by atoms with van der Waals surface area (Å²) in [6.07, 6.45) is 1.71. The second kappa shape index (κ2) is 6.71. The van der Waals surface area contributed by atoms with Crippen molar-refractivity contribution in [1.82, 2.24) is 9.88 Å². The van der Waals surface area contributed by atoms with Gasteiger partial charge in [0.2, 0.25) is 5.91 Å². The van der Waals surface area contributed by atoms with Crippen molar-refractivity contribution < 1.29 is 4.79 Å². The largest absolute Gasteiger partial charge is 0.369 e.